The molecule has 1 aliphatic rings. The van der Waals surface area contributed by atoms with Crippen LogP contribution in [0, 0.1) is 15.9 Å². The molecular formula is C29H24BrClFN5O5. The zero-order valence-corrected chi connectivity index (χ0v) is 24.4. The minimum atomic E-state index is -0.697. The van der Waals surface area contributed by atoms with E-state index in [2.05, 4.69) is 26.3 Å². The summed E-state index contributed by atoms with van der Waals surface area (Å²) >= 11 is 9.74. The first-order chi connectivity index (χ1) is 20.2. The van der Waals surface area contributed by atoms with Crippen LogP contribution in [0.25, 0.3) is 10.9 Å². The second-order valence-corrected chi connectivity index (χ2v) is 11.1. The smallest absolute Gasteiger partial charge is 0.313 e. The number of nitro benzene ring substituents is 1. The van der Waals surface area contributed by atoms with Gasteiger partial charge in [-0.25, -0.2) is 9.37 Å². The summed E-state index contributed by atoms with van der Waals surface area (Å²) in [6.07, 6.45) is 6.21. The molecule has 216 valence electrons. The second kappa shape index (κ2) is 12.8. The number of halogens is 3. The molecule has 0 saturated heterocycles. The number of fused-ring (bicyclic) bond motifs is 1. The van der Waals surface area contributed by atoms with Crippen LogP contribution in [0.5, 0.6) is 5.75 Å². The van der Waals surface area contributed by atoms with E-state index < -0.39 is 28.9 Å². The van der Waals surface area contributed by atoms with Crippen molar-refractivity contribution in [1.82, 2.24) is 9.66 Å². The Morgan fingerprint density at radius 3 is 2.74 bits per heavy atom. The average Bonchev–Trinajstić information content (AvgIpc) is 2.96. The molecule has 0 unspecified atom stereocenters. The molecule has 42 heavy (non-hydrogen) atoms. The third-order valence-electron chi connectivity index (χ3n) is 6.82. The third kappa shape index (κ3) is 6.66. The second-order valence-electron chi connectivity index (χ2n) is 9.78. The van der Waals surface area contributed by atoms with Crippen LogP contribution in [0.2, 0.25) is 5.02 Å². The number of rotatable bonds is 8. The highest BCUT2D eigenvalue weighted by Crippen LogP contribution is 2.36. The molecule has 0 atom stereocenters. The van der Waals surface area contributed by atoms with Gasteiger partial charge in [-0.15, -0.1) is 0 Å². The Kier molecular flexibility index (Phi) is 8.93. The van der Waals surface area contributed by atoms with Crippen molar-refractivity contribution in [2.75, 3.05) is 11.9 Å². The van der Waals surface area contributed by atoms with Gasteiger partial charge in [-0.05, 0) is 55.3 Å². The maximum atomic E-state index is 13.5. The van der Waals surface area contributed by atoms with Crippen LogP contribution in [0.15, 0.2) is 69.0 Å². The van der Waals surface area contributed by atoms with Crippen LogP contribution in [-0.4, -0.2) is 33.3 Å². The first-order valence-corrected chi connectivity index (χ1v) is 14.3. The van der Waals surface area contributed by atoms with Crippen molar-refractivity contribution in [2.24, 2.45) is 5.10 Å². The van der Waals surface area contributed by atoms with Gasteiger partial charge in [0.15, 0.2) is 6.61 Å². The first kappa shape index (κ1) is 29.3. The van der Waals surface area contributed by atoms with Crippen molar-refractivity contribution >= 4 is 61.9 Å². The molecule has 0 bridgehead atoms. The van der Waals surface area contributed by atoms with Gasteiger partial charge in [-0.2, -0.15) is 9.78 Å². The molecule has 10 nitrogen and oxygen atoms in total. The van der Waals surface area contributed by atoms with Crippen molar-refractivity contribution in [3.8, 4) is 5.75 Å². The van der Waals surface area contributed by atoms with E-state index in [4.69, 9.17) is 21.3 Å². The van der Waals surface area contributed by atoms with Gasteiger partial charge in [0.05, 0.1) is 27.1 Å². The molecule has 4 aromatic rings. The van der Waals surface area contributed by atoms with Crippen LogP contribution in [0.3, 0.4) is 0 Å². The van der Waals surface area contributed by atoms with E-state index in [0.29, 0.717) is 16.7 Å². The highest BCUT2D eigenvalue weighted by atomic mass is 79.9. The molecule has 1 aliphatic carbocycles. The average molecular weight is 657 g/mol. The predicted octanol–water partition coefficient (Wildman–Crippen LogP) is 6.81. The molecule has 1 fully saturated rings. The molecule has 13 heteroatoms. The van der Waals surface area contributed by atoms with E-state index in [1.54, 1.807) is 12.1 Å². The fourth-order valence-electron chi connectivity index (χ4n) is 4.88. The first-order valence-electron chi connectivity index (χ1n) is 13.1. The molecule has 1 aromatic heterocycles. The lowest BCUT2D eigenvalue weighted by Gasteiger charge is -2.22. The van der Waals surface area contributed by atoms with Crippen molar-refractivity contribution in [3.05, 3.63) is 102 Å². The SMILES string of the molecule is O=C(COc1c(Cl)cc(C=Nn2c(C3CCCCC3)nc3ccc(Br)cc3c2=O)cc1[N+](=O)[O-])Nc1cccc(F)c1. The van der Waals surface area contributed by atoms with E-state index >= 15 is 0 Å². The number of anilines is 1. The van der Waals surface area contributed by atoms with E-state index in [-0.39, 0.29) is 33.5 Å². The molecule has 1 saturated carbocycles. The van der Waals surface area contributed by atoms with Gasteiger partial charge in [0, 0.05) is 27.7 Å². The Balaban J connectivity index is 1.44. The van der Waals surface area contributed by atoms with Crippen LogP contribution >= 0.6 is 27.5 Å². The predicted molar refractivity (Wildman–Crippen MR) is 161 cm³/mol. The Morgan fingerprint density at radius 1 is 1.21 bits per heavy atom. The minimum Gasteiger partial charge on any atom is -0.476 e. The summed E-state index contributed by atoms with van der Waals surface area (Å²) in [6.45, 7) is -0.608. The number of ether oxygens (including phenoxy) is 1. The summed E-state index contributed by atoms with van der Waals surface area (Å²) in [6, 6.07) is 13.1. The normalized spacial score (nSPS) is 13.9. The maximum Gasteiger partial charge on any atom is 0.313 e. The van der Waals surface area contributed by atoms with Crippen molar-refractivity contribution in [2.45, 2.75) is 38.0 Å². The van der Waals surface area contributed by atoms with E-state index in [1.807, 2.05) is 6.07 Å². The highest BCUT2D eigenvalue weighted by molar-refractivity contribution is 9.10. The summed E-state index contributed by atoms with van der Waals surface area (Å²) in [5.41, 5.74) is 0.149. The van der Waals surface area contributed by atoms with Crippen LogP contribution < -0.4 is 15.6 Å². The molecule has 1 heterocycles. The summed E-state index contributed by atoms with van der Waals surface area (Å²) in [5.74, 6) is -0.934. The Morgan fingerprint density at radius 2 is 2.00 bits per heavy atom. The van der Waals surface area contributed by atoms with Crippen molar-refractivity contribution < 1.29 is 18.8 Å². The molecular weight excluding hydrogens is 633 g/mol. The van der Waals surface area contributed by atoms with Gasteiger partial charge in [0.25, 0.3) is 11.5 Å². The van der Waals surface area contributed by atoms with E-state index in [0.717, 1.165) is 42.6 Å². The van der Waals surface area contributed by atoms with Gasteiger partial charge in [-0.1, -0.05) is 52.9 Å². The summed E-state index contributed by atoms with van der Waals surface area (Å²) in [7, 11) is 0. The van der Waals surface area contributed by atoms with Crippen molar-refractivity contribution in [1.29, 1.82) is 0 Å². The molecule has 5 rings (SSSR count). The quantitative estimate of drug-likeness (QED) is 0.126. The molecule has 0 aliphatic heterocycles. The Bertz CT molecular complexity index is 1770. The number of aromatic nitrogens is 2. The number of benzene rings is 3. The van der Waals surface area contributed by atoms with Gasteiger partial charge in [0.1, 0.15) is 11.6 Å². The number of amides is 1. The number of carbonyl (C=O) groups is 1. The van der Waals surface area contributed by atoms with Gasteiger partial charge >= 0.3 is 5.69 Å². The Labute approximate surface area is 252 Å². The van der Waals surface area contributed by atoms with E-state index in [1.165, 1.54) is 41.2 Å². The largest absolute Gasteiger partial charge is 0.476 e. The Hall–Kier alpha value is -4.16. The number of nitrogens with one attached hydrogen (secondary N) is 1. The van der Waals surface area contributed by atoms with Gasteiger partial charge in [-0.3, -0.25) is 19.7 Å². The lowest BCUT2D eigenvalue weighted by atomic mass is 9.88. The van der Waals surface area contributed by atoms with Crippen LogP contribution in [0.1, 0.15) is 49.4 Å². The molecule has 1 amide bonds. The molecule has 0 spiro atoms. The standard InChI is InChI=1S/C29H24BrClFN5O5/c30-19-9-10-24-22(13-19)29(39)36(28(35-24)18-5-2-1-3-6-18)33-15-17-11-23(31)27(25(12-17)37(40)41)42-16-26(38)34-21-8-4-7-20(32)14-21/h4,7-15,18H,1-3,5-6,16H2,(H,34,38). The number of nitrogens with zero attached hydrogens (tertiary/aromatic N) is 4. The number of hydrogen-bond acceptors (Lipinski definition) is 7. The fourth-order valence-corrected chi connectivity index (χ4v) is 5.52. The highest BCUT2D eigenvalue weighted by Gasteiger charge is 2.24. The summed E-state index contributed by atoms with van der Waals surface area (Å²) in [4.78, 5) is 41.8. The van der Waals surface area contributed by atoms with Gasteiger partial charge < -0.3 is 10.1 Å². The number of nitro groups is 1. The molecule has 0 radical (unpaired) electrons. The van der Waals surface area contributed by atoms with Gasteiger partial charge in [0.2, 0.25) is 5.75 Å². The van der Waals surface area contributed by atoms with Crippen LogP contribution in [-0.2, 0) is 4.79 Å². The molecule has 3 aromatic carbocycles. The maximum absolute atomic E-state index is 13.5. The lowest BCUT2D eigenvalue weighted by Crippen LogP contribution is -2.25. The van der Waals surface area contributed by atoms with Crippen molar-refractivity contribution in [3.63, 3.8) is 0 Å². The number of hydrogen-bond donors (Lipinski definition) is 1. The molecule has 1 N–H and O–H groups in total. The number of carbonyl (C=O) groups excluding carboxylic acids is 1. The lowest BCUT2D eigenvalue weighted by molar-refractivity contribution is -0.385. The topological polar surface area (TPSA) is 129 Å². The minimum absolute atomic E-state index is 0.0453. The third-order valence-corrected chi connectivity index (χ3v) is 7.60. The summed E-state index contributed by atoms with van der Waals surface area (Å²) in [5, 5.41) is 19.0. The fraction of sp³-hybridized carbons (Fsp3) is 0.241. The zero-order valence-electron chi connectivity index (χ0n) is 22.1. The van der Waals surface area contributed by atoms with E-state index in [9.17, 15) is 24.1 Å². The summed E-state index contributed by atoms with van der Waals surface area (Å²) < 4.78 is 20.8. The zero-order chi connectivity index (χ0) is 29.8. The van der Waals surface area contributed by atoms with Crippen LogP contribution in [0.4, 0.5) is 15.8 Å². The monoisotopic (exact) mass is 655 g/mol.